The van der Waals surface area contributed by atoms with Gasteiger partial charge >= 0.3 is 0 Å². The first-order valence-corrected chi connectivity index (χ1v) is 11.6. The number of carbonyl (C=O) groups is 1. The predicted molar refractivity (Wildman–Crippen MR) is 140 cm³/mol. The molecule has 0 spiro atoms. The smallest absolute Gasteiger partial charge is 0.254 e. The maximum Gasteiger partial charge on any atom is 0.254 e. The molecule has 10 nitrogen and oxygen atoms in total. The minimum atomic E-state index is -0.791. The third-order valence-electron chi connectivity index (χ3n) is 6.39. The first-order chi connectivity index (χ1) is 17.5. The molecule has 2 aromatic heterocycles. The summed E-state index contributed by atoms with van der Waals surface area (Å²) in [5.74, 6) is 5.66. The van der Waals surface area contributed by atoms with E-state index in [-0.39, 0.29) is 10.9 Å². The molecule has 0 radical (unpaired) electrons. The monoisotopic (exact) mass is 482 g/mol. The van der Waals surface area contributed by atoms with Crippen LogP contribution in [0.15, 0.2) is 64.6 Å². The number of aryl methyl sites for hydroxylation is 2. The molecule has 0 unspecified atom stereocenters. The molecule has 1 amide bonds. The van der Waals surface area contributed by atoms with Crippen LogP contribution in [-0.2, 0) is 19.3 Å². The van der Waals surface area contributed by atoms with Crippen LogP contribution in [0.4, 0.5) is 11.6 Å². The third-order valence-corrected chi connectivity index (χ3v) is 6.39. The Morgan fingerprint density at radius 2 is 1.92 bits per heavy atom. The van der Waals surface area contributed by atoms with Gasteiger partial charge in [-0.3, -0.25) is 14.6 Å². The molecule has 0 saturated heterocycles. The van der Waals surface area contributed by atoms with E-state index in [1.54, 1.807) is 11.6 Å². The minimum absolute atomic E-state index is 0.107. The van der Waals surface area contributed by atoms with Crippen LogP contribution in [0, 0.1) is 0 Å². The number of nitrogens with two attached hydrogens (primary N) is 2. The first-order valence-electron chi connectivity index (χ1n) is 11.6. The molecule has 5 rings (SSSR count). The summed E-state index contributed by atoms with van der Waals surface area (Å²) in [5, 5.41) is 3.40. The summed E-state index contributed by atoms with van der Waals surface area (Å²) >= 11 is 0. The van der Waals surface area contributed by atoms with Crippen LogP contribution in [0.2, 0.25) is 0 Å². The van der Waals surface area contributed by atoms with Crippen molar-refractivity contribution in [2.24, 2.45) is 16.6 Å². The van der Waals surface area contributed by atoms with Crippen LogP contribution in [0.5, 0.6) is 0 Å². The molecule has 6 N–H and O–H groups in total. The molecule has 2 heterocycles. The molecule has 182 valence electrons. The van der Waals surface area contributed by atoms with E-state index in [2.05, 4.69) is 37.8 Å². The van der Waals surface area contributed by atoms with Crippen LogP contribution in [0.25, 0.3) is 16.7 Å². The number of aromatic nitrogens is 3. The number of anilines is 2. The SMILES string of the molecule is C/N=C(/Cc1ccc(Nc2ncc3c(=O)c(C(N)=O)cn(-c4ccc5c(c4)CCC5)c3n2)cc1)NN. The molecule has 0 bridgehead atoms. The zero-order valence-corrected chi connectivity index (χ0v) is 19.8. The zero-order valence-electron chi connectivity index (χ0n) is 19.8. The molecule has 0 saturated carbocycles. The van der Waals surface area contributed by atoms with E-state index in [0.29, 0.717) is 23.9 Å². The number of hydrazine groups is 1. The maximum absolute atomic E-state index is 12.9. The van der Waals surface area contributed by atoms with Crippen LogP contribution in [0.3, 0.4) is 0 Å². The number of hydrogen-bond acceptors (Lipinski definition) is 7. The second-order valence-corrected chi connectivity index (χ2v) is 8.66. The van der Waals surface area contributed by atoms with E-state index in [1.165, 1.54) is 23.5 Å². The van der Waals surface area contributed by atoms with Crippen molar-refractivity contribution in [3.63, 3.8) is 0 Å². The minimum Gasteiger partial charge on any atom is -0.365 e. The number of amidine groups is 1. The van der Waals surface area contributed by atoms with Gasteiger partial charge in [-0.05, 0) is 60.2 Å². The van der Waals surface area contributed by atoms with E-state index in [0.717, 1.165) is 36.2 Å². The third kappa shape index (κ3) is 4.41. The highest BCUT2D eigenvalue weighted by Gasteiger charge is 2.18. The molecule has 0 fully saturated rings. The Kier molecular flexibility index (Phi) is 6.17. The molecule has 4 aromatic rings. The number of primary amides is 1. The molecule has 1 aliphatic rings. The number of carbonyl (C=O) groups excluding carboxylic acids is 1. The van der Waals surface area contributed by atoms with E-state index in [1.807, 2.05) is 30.3 Å². The first kappa shape index (κ1) is 23.2. The highest BCUT2D eigenvalue weighted by molar-refractivity contribution is 5.96. The number of nitrogens with zero attached hydrogens (tertiary/aromatic N) is 4. The van der Waals surface area contributed by atoms with Crippen molar-refractivity contribution in [3.05, 3.63) is 87.3 Å². The Bertz CT molecular complexity index is 1560. The van der Waals surface area contributed by atoms with Gasteiger partial charge in [0.1, 0.15) is 11.4 Å². The van der Waals surface area contributed by atoms with Gasteiger partial charge < -0.3 is 21.0 Å². The lowest BCUT2D eigenvalue weighted by atomic mass is 10.1. The highest BCUT2D eigenvalue weighted by atomic mass is 16.2. The molecular formula is C26H26N8O2. The summed E-state index contributed by atoms with van der Waals surface area (Å²) in [4.78, 5) is 38.0. The fourth-order valence-corrected chi connectivity index (χ4v) is 4.47. The van der Waals surface area contributed by atoms with Gasteiger partial charge in [0.2, 0.25) is 11.4 Å². The van der Waals surface area contributed by atoms with Crippen molar-refractivity contribution >= 4 is 34.4 Å². The zero-order chi connectivity index (χ0) is 25.2. The van der Waals surface area contributed by atoms with Crippen LogP contribution < -0.4 is 27.7 Å². The van der Waals surface area contributed by atoms with E-state index in [9.17, 15) is 9.59 Å². The van der Waals surface area contributed by atoms with Crippen molar-refractivity contribution in [3.8, 4) is 5.69 Å². The Balaban J connectivity index is 1.54. The Morgan fingerprint density at radius 3 is 2.64 bits per heavy atom. The van der Waals surface area contributed by atoms with Gasteiger partial charge in [0.15, 0.2) is 5.65 Å². The number of aliphatic imine (C=N–C) groups is 1. The van der Waals surface area contributed by atoms with Crippen molar-refractivity contribution in [1.29, 1.82) is 0 Å². The van der Waals surface area contributed by atoms with Gasteiger partial charge in [-0.25, -0.2) is 10.8 Å². The molecule has 10 heteroatoms. The predicted octanol–water partition coefficient (Wildman–Crippen LogP) is 2.15. The van der Waals surface area contributed by atoms with Crippen LogP contribution in [0.1, 0.15) is 33.5 Å². The quantitative estimate of drug-likeness (QED) is 0.142. The van der Waals surface area contributed by atoms with Crippen molar-refractivity contribution in [1.82, 2.24) is 20.0 Å². The molecular weight excluding hydrogens is 456 g/mol. The fourth-order valence-electron chi connectivity index (χ4n) is 4.47. The lowest BCUT2D eigenvalue weighted by molar-refractivity contribution is 0.0999. The van der Waals surface area contributed by atoms with Gasteiger partial charge in [-0.15, -0.1) is 0 Å². The number of pyridine rings is 1. The Morgan fingerprint density at radius 1 is 1.14 bits per heavy atom. The average Bonchev–Trinajstić information content (AvgIpc) is 3.36. The number of benzene rings is 2. The highest BCUT2D eigenvalue weighted by Crippen LogP contribution is 2.26. The maximum atomic E-state index is 12.9. The summed E-state index contributed by atoms with van der Waals surface area (Å²) in [6, 6.07) is 13.8. The number of fused-ring (bicyclic) bond motifs is 2. The van der Waals surface area contributed by atoms with Gasteiger partial charge in [-0.2, -0.15) is 4.98 Å². The molecule has 0 aliphatic heterocycles. The largest absolute Gasteiger partial charge is 0.365 e. The van der Waals surface area contributed by atoms with E-state index < -0.39 is 11.3 Å². The normalized spacial score (nSPS) is 13.0. The number of hydrogen-bond donors (Lipinski definition) is 4. The number of rotatable bonds is 6. The standard InChI is InChI=1S/C26H26N8O2/c1-29-22(33-28)11-15-5-8-18(9-6-15)31-26-30-13-20-23(35)21(24(27)36)14-34(25(20)32-26)19-10-7-16-3-2-4-17(16)12-19/h5-10,12-14H,2-4,11,28H2,1H3,(H2,27,36)(H,29,33)(H,30,31,32). The summed E-state index contributed by atoms with van der Waals surface area (Å²) in [6.07, 6.45) is 6.63. The topological polar surface area (TPSA) is 153 Å². The van der Waals surface area contributed by atoms with Crippen molar-refractivity contribution in [2.75, 3.05) is 12.4 Å². The van der Waals surface area contributed by atoms with Crippen LogP contribution >= 0.6 is 0 Å². The number of amides is 1. The molecule has 0 atom stereocenters. The number of nitrogens with one attached hydrogen (secondary N) is 2. The Labute approximate surface area is 207 Å². The van der Waals surface area contributed by atoms with Crippen LogP contribution in [-0.4, -0.2) is 33.3 Å². The second kappa shape index (κ2) is 9.59. The van der Waals surface area contributed by atoms with Crippen molar-refractivity contribution in [2.45, 2.75) is 25.7 Å². The summed E-state index contributed by atoms with van der Waals surface area (Å²) in [5.41, 5.74) is 13.1. The van der Waals surface area contributed by atoms with Gasteiger partial charge in [0.25, 0.3) is 5.91 Å². The fraction of sp³-hybridized carbons (Fsp3) is 0.192. The second-order valence-electron chi connectivity index (χ2n) is 8.66. The lowest BCUT2D eigenvalue weighted by Crippen LogP contribution is -2.31. The van der Waals surface area contributed by atoms with E-state index in [4.69, 9.17) is 11.6 Å². The molecule has 36 heavy (non-hydrogen) atoms. The molecule has 2 aromatic carbocycles. The average molecular weight is 483 g/mol. The van der Waals surface area contributed by atoms with Gasteiger partial charge in [0.05, 0.1) is 5.39 Å². The Hall–Kier alpha value is -4.57. The van der Waals surface area contributed by atoms with Gasteiger partial charge in [0, 0.05) is 37.2 Å². The molecule has 1 aliphatic carbocycles. The summed E-state index contributed by atoms with van der Waals surface area (Å²) in [7, 11) is 1.68. The van der Waals surface area contributed by atoms with Crippen molar-refractivity contribution < 1.29 is 4.79 Å². The van der Waals surface area contributed by atoms with Gasteiger partial charge in [-0.1, -0.05) is 18.2 Å². The summed E-state index contributed by atoms with van der Waals surface area (Å²) < 4.78 is 1.73. The lowest BCUT2D eigenvalue weighted by Gasteiger charge is -2.14. The summed E-state index contributed by atoms with van der Waals surface area (Å²) in [6.45, 7) is 0. The van der Waals surface area contributed by atoms with E-state index >= 15 is 0 Å².